The van der Waals surface area contributed by atoms with Gasteiger partial charge in [0.15, 0.2) is 0 Å². The van der Waals surface area contributed by atoms with E-state index in [1.165, 1.54) is 0 Å². The Balaban J connectivity index is 1.69. The number of hydrogen-bond donors (Lipinski definition) is 2. The molecule has 3 rings (SSSR count). The molecule has 1 atom stereocenters. The van der Waals surface area contributed by atoms with Crippen molar-refractivity contribution in [2.45, 2.75) is 12.5 Å². The van der Waals surface area contributed by atoms with E-state index >= 15 is 0 Å². The minimum Gasteiger partial charge on any atom is -0.325 e. The Morgan fingerprint density at radius 1 is 1.09 bits per heavy atom. The molecule has 0 spiro atoms. The normalized spacial score (nSPS) is 12.0. The molecule has 1 unspecified atom stereocenters. The van der Waals surface area contributed by atoms with Crippen LogP contribution >= 0.6 is 0 Å². The molecule has 1 aromatic heterocycles. The van der Waals surface area contributed by atoms with Gasteiger partial charge in [0, 0.05) is 23.5 Å². The topological polar surface area (TPSA) is 68.0 Å². The number of amides is 1. The van der Waals surface area contributed by atoms with Gasteiger partial charge in [-0.1, -0.05) is 36.4 Å². The van der Waals surface area contributed by atoms with Crippen LogP contribution in [0.4, 0.5) is 5.69 Å². The fraction of sp³-hybridized carbons (Fsp3) is 0.111. The number of benzene rings is 2. The van der Waals surface area contributed by atoms with Crippen molar-refractivity contribution in [3.05, 3.63) is 72.6 Å². The number of nitrogens with two attached hydrogens (primary N) is 1. The number of nitrogens with one attached hydrogen (secondary N) is 1. The van der Waals surface area contributed by atoms with Crippen LogP contribution in [-0.4, -0.2) is 16.9 Å². The van der Waals surface area contributed by atoms with E-state index in [1.807, 2.05) is 54.6 Å². The third kappa shape index (κ3) is 3.30. The second-order valence-electron chi connectivity index (χ2n) is 5.22. The second kappa shape index (κ2) is 6.37. The molecular formula is C18H17N3O. The first kappa shape index (κ1) is 14.2. The van der Waals surface area contributed by atoms with Gasteiger partial charge in [0.2, 0.25) is 5.91 Å². The summed E-state index contributed by atoms with van der Waals surface area (Å²) in [5.41, 5.74) is 7.78. The summed E-state index contributed by atoms with van der Waals surface area (Å²) in [7, 11) is 0. The van der Waals surface area contributed by atoms with Crippen LogP contribution in [0.25, 0.3) is 10.8 Å². The predicted molar refractivity (Wildman–Crippen MR) is 88.5 cm³/mol. The van der Waals surface area contributed by atoms with Crippen LogP contribution in [0.2, 0.25) is 0 Å². The second-order valence-corrected chi connectivity index (χ2v) is 5.22. The van der Waals surface area contributed by atoms with E-state index in [4.69, 9.17) is 5.73 Å². The van der Waals surface area contributed by atoms with Gasteiger partial charge < -0.3 is 11.1 Å². The van der Waals surface area contributed by atoms with Crippen molar-refractivity contribution in [1.29, 1.82) is 0 Å². The highest BCUT2D eigenvalue weighted by molar-refractivity contribution is 5.97. The maximum atomic E-state index is 12.2. The van der Waals surface area contributed by atoms with E-state index in [2.05, 4.69) is 10.3 Å². The number of carbonyl (C=O) groups is 1. The Hall–Kier alpha value is -2.72. The van der Waals surface area contributed by atoms with Crippen molar-refractivity contribution in [2.75, 3.05) is 5.32 Å². The van der Waals surface area contributed by atoms with Crippen molar-refractivity contribution in [2.24, 2.45) is 5.73 Å². The average Bonchev–Trinajstić information content (AvgIpc) is 2.55. The summed E-state index contributed by atoms with van der Waals surface area (Å²) in [6.45, 7) is 0. The SMILES string of the molecule is NC(Cc1ccccc1)C(=O)Nc1ccc2cnccc2c1. The molecule has 0 fully saturated rings. The smallest absolute Gasteiger partial charge is 0.241 e. The van der Waals surface area contributed by atoms with Crippen molar-refractivity contribution >= 4 is 22.4 Å². The van der Waals surface area contributed by atoms with Crippen molar-refractivity contribution in [3.63, 3.8) is 0 Å². The summed E-state index contributed by atoms with van der Waals surface area (Å²) in [4.78, 5) is 16.3. The molecule has 0 radical (unpaired) electrons. The Morgan fingerprint density at radius 3 is 2.73 bits per heavy atom. The first-order valence-corrected chi connectivity index (χ1v) is 7.16. The molecule has 4 nitrogen and oxygen atoms in total. The summed E-state index contributed by atoms with van der Waals surface area (Å²) in [5.74, 6) is -0.183. The van der Waals surface area contributed by atoms with E-state index < -0.39 is 6.04 Å². The fourth-order valence-corrected chi connectivity index (χ4v) is 2.36. The molecule has 0 aliphatic carbocycles. The number of rotatable bonds is 4. The molecule has 2 aromatic carbocycles. The van der Waals surface area contributed by atoms with E-state index in [9.17, 15) is 4.79 Å². The van der Waals surface area contributed by atoms with Crippen molar-refractivity contribution < 1.29 is 4.79 Å². The van der Waals surface area contributed by atoms with Gasteiger partial charge in [0.1, 0.15) is 0 Å². The third-order valence-electron chi connectivity index (χ3n) is 3.54. The zero-order chi connectivity index (χ0) is 15.4. The maximum absolute atomic E-state index is 12.2. The van der Waals surface area contributed by atoms with E-state index in [0.717, 1.165) is 22.0 Å². The zero-order valence-electron chi connectivity index (χ0n) is 12.1. The number of nitrogens with zero attached hydrogens (tertiary/aromatic N) is 1. The molecule has 3 N–H and O–H groups in total. The number of pyridine rings is 1. The zero-order valence-corrected chi connectivity index (χ0v) is 12.1. The molecule has 0 aliphatic rings. The molecule has 1 heterocycles. The molecule has 1 amide bonds. The first-order chi connectivity index (χ1) is 10.7. The number of aromatic nitrogens is 1. The molecule has 3 aromatic rings. The first-order valence-electron chi connectivity index (χ1n) is 7.16. The van der Waals surface area contributed by atoms with Crippen LogP contribution in [0.15, 0.2) is 67.0 Å². The lowest BCUT2D eigenvalue weighted by atomic mass is 10.1. The van der Waals surface area contributed by atoms with Gasteiger partial charge in [-0.05, 0) is 35.6 Å². The molecule has 22 heavy (non-hydrogen) atoms. The minimum atomic E-state index is -0.574. The van der Waals surface area contributed by atoms with Crippen LogP contribution in [-0.2, 0) is 11.2 Å². The quantitative estimate of drug-likeness (QED) is 0.776. The lowest BCUT2D eigenvalue weighted by molar-refractivity contribution is -0.117. The molecule has 4 heteroatoms. The summed E-state index contributed by atoms with van der Waals surface area (Å²) >= 11 is 0. The number of carbonyl (C=O) groups excluding carboxylic acids is 1. The molecule has 0 aliphatic heterocycles. The van der Waals surface area contributed by atoms with Gasteiger partial charge in [0.05, 0.1) is 6.04 Å². The summed E-state index contributed by atoms with van der Waals surface area (Å²) < 4.78 is 0. The van der Waals surface area contributed by atoms with Gasteiger partial charge in [-0.2, -0.15) is 0 Å². The third-order valence-corrected chi connectivity index (χ3v) is 3.54. The molecular weight excluding hydrogens is 274 g/mol. The molecule has 0 saturated heterocycles. The highest BCUT2D eigenvalue weighted by Gasteiger charge is 2.14. The lowest BCUT2D eigenvalue weighted by Crippen LogP contribution is -2.37. The van der Waals surface area contributed by atoms with Gasteiger partial charge in [-0.25, -0.2) is 0 Å². The van der Waals surface area contributed by atoms with Crippen LogP contribution in [0, 0.1) is 0 Å². The Kier molecular flexibility index (Phi) is 4.12. The van der Waals surface area contributed by atoms with Gasteiger partial charge in [-0.3, -0.25) is 9.78 Å². The molecule has 110 valence electrons. The van der Waals surface area contributed by atoms with Gasteiger partial charge >= 0.3 is 0 Å². The van der Waals surface area contributed by atoms with Crippen LogP contribution < -0.4 is 11.1 Å². The van der Waals surface area contributed by atoms with Crippen molar-refractivity contribution in [1.82, 2.24) is 4.98 Å². The molecule has 0 saturated carbocycles. The standard InChI is InChI=1S/C18H17N3O/c19-17(10-13-4-2-1-3-5-13)18(22)21-16-7-6-15-12-20-9-8-14(15)11-16/h1-9,11-12,17H,10,19H2,(H,21,22). The Bertz CT molecular complexity index is 786. The summed E-state index contributed by atoms with van der Waals surface area (Å²) in [5, 5.41) is 4.94. The van der Waals surface area contributed by atoms with Crippen LogP contribution in [0.5, 0.6) is 0 Å². The highest BCUT2D eigenvalue weighted by Crippen LogP contribution is 2.18. The van der Waals surface area contributed by atoms with E-state index in [0.29, 0.717) is 6.42 Å². The monoisotopic (exact) mass is 291 g/mol. The van der Waals surface area contributed by atoms with Crippen molar-refractivity contribution in [3.8, 4) is 0 Å². The summed E-state index contributed by atoms with van der Waals surface area (Å²) in [6.07, 6.45) is 4.04. The average molecular weight is 291 g/mol. The number of anilines is 1. The number of fused-ring (bicyclic) bond motifs is 1. The highest BCUT2D eigenvalue weighted by atomic mass is 16.2. The Labute approximate surface area is 129 Å². The maximum Gasteiger partial charge on any atom is 0.241 e. The van der Waals surface area contributed by atoms with E-state index in [1.54, 1.807) is 12.4 Å². The predicted octanol–water partition coefficient (Wildman–Crippen LogP) is 2.74. The van der Waals surface area contributed by atoms with Gasteiger partial charge in [-0.15, -0.1) is 0 Å². The van der Waals surface area contributed by atoms with Gasteiger partial charge in [0.25, 0.3) is 0 Å². The lowest BCUT2D eigenvalue weighted by Gasteiger charge is -2.13. The minimum absolute atomic E-state index is 0.183. The largest absolute Gasteiger partial charge is 0.325 e. The molecule has 0 bridgehead atoms. The number of hydrogen-bond acceptors (Lipinski definition) is 3. The van der Waals surface area contributed by atoms with Crippen LogP contribution in [0.3, 0.4) is 0 Å². The van der Waals surface area contributed by atoms with E-state index in [-0.39, 0.29) is 5.91 Å². The summed E-state index contributed by atoms with van der Waals surface area (Å²) in [6, 6.07) is 16.8. The van der Waals surface area contributed by atoms with Crippen LogP contribution in [0.1, 0.15) is 5.56 Å². The Morgan fingerprint density at radius 2 is 1.91 bits per heavy atom. The fourth-order valence-electron chi connectivity index (χ4n) is 2.36.